The third-order valence-electron chi connectivity index (χ3n) is 2.52. The Hall–Kier alpha value is -0.820. The Morgan fingerprint density at radius 2 is 1.92 bits per heavy atom. The van der Waals surface area contributed by atoms with Crippen molar-refractivity contribution in [1.82, 2.24) is 0 Å². The second kappa shape index (κ2) is 5.76. The van der Waals surface area contributed by atoms with Crippen molar-refractivity contribution in [3.8, 4) is 0 Å². The van der Waals surface area contributed by atoms with Gasteiger partial charge in [0.1, 0.15) is 0 Å². The van der Waals surface area contributed by atoms with Gasteiger partial charge in [-0.15, -0.1) is 0 Å². The van der Waals surface area contributed by atoms with Gasteiger partial charge in [-0.1, -0.05) is 43.7 Å². The predicted octanol–water partition coefficient (Wildman–Crippen LogP) is 2.64. The summed E-state index contributed by atoms with van der Waals surface area (Å²) in [6.45, 7) is 2.45. The van der Waals surface area contributed by atoms with Gasteiger partial charge in [0.05, 0.1) is 0 Å². The maximum absolute atomic E-state index is 9.00. The van der Waals surface area contributed by atoms with Crippen LogP contribution in [0.25, 0.3) is 0 Å². The standard InChI is InChI=1S/C12H18O/c1-2-11(10-13)8-9-12-6-4-3-5-7-12/h3-7,11,13H,2,8-10H2,1H3. The highest BCUT2D eigenvalue weighted by Crippen LogP contribution is 2.11. The van der Waals surface area contributed by atoms with E-state index in [1.165, 1.54) is 5.56 Å². The summed E-state index contributed by atoms with van der Waals surface area (Å²) < 4.78 is 0. The van der Waals surface area contributed by atoms with Gasteiger partial charge in [0.25, 0.3) is 0 Å². The summed E-state index contributed by atoms with van der Waals surface area (Å²) in [4.78, 5) is 0. The first-order chi connectivity index (χ1) is 6.36. The maximum atomic E-state index is 9.00. The Kier molecular flexibility index (Phi) is 4.55. The lowest BCUT2D eigenvalue weighted by Crippen LogP contribution is -2.05. The minimum Gasteiger partial charge on any atom is -0.396 e. The molecule has 0 aromatic heterocycles. The van der Waals surface area contributed by atoms with E-state index < -0.39 is 0 Å². The van der Waals surface area contributed by atoms with Gasteiger partial charge in [0, 0.05) is 6.61 Å². The Balaban J connectivity index is 2.34. The highest BCUT2D eigenvalue weighted by atomic mass is 16.3. The topological polar surface area (TPSA) is 20.2 Å². The molecule has 1 nitrogen and oxygen atoms in total. The molecule has 0 aliphatic heterocycles. The van der Waals surface area contributed by atoms with Crippen LogP contribution in [0.3, 0.4) is 0 Å². The average molecular weight is 178 g/mol. The largest absolute Gasteiger partial charge is 0.396 e. The molecule has 0 bridgehead atoms. The van der Waals surface area contributed by atoms with E-state index in [1.807, 2.05) is 6.07 Å². The molecule has 1 rings (SSSR count). The van der Waals surface area contributed by atoms with Gasteiger partial charge in [0.15, 0.2) is 0 Å². The molecule has 13 heavy (non-hydrogen) atoms. The molecule has 1 unspecified atom stereocenters. The molecular weight excluding hydrogens is 160 g/mol. The number of rotatable bonds is 5. The summed E-state index contributed by atoms with van der Waals surface area (Å²) in [5, 5.41) is 9.00. The van der Waals surface area contributed by atoms with Gasteiger partial charge < -0.3 is 5.11 Å². The van der Waals surface area contributed by atoms with Crippen molar-refractivity contribution in [1.29, 1.82) is 0 Å². The first-order valence-corrected chi connectivity index (χ1v) is 5.01. The number of hydrogen-bond donors (Lipinski definition) is 1. The van der Waals surface area contributed by atoms with Crippen LogP contribution >= 0.6 is 0 Å². The SMILES string of the molecule is CCC(CO)CCc1ccccc1. The molecule has 72 valence electrons. The molecule has 1 aromatic carbocycles. The highest BCUT2D eigenvalue weighted by Gasteiger charge is 2.03. The van der Waals surface area contributed by atoms with E-state index in [2.05, 4.69) is 31.2 Å². The third-order valence-corrected chi connectivity index (χ3v) is 2.52. The van der Waals surface area contributed by atoms with Crippen LogP contribution in [0.1, 0.15) is 25.3 Å². The van der Waals surface area contributed by atoms with E-state index in [1.54, 1.807) is 0 Å². The van der Waals surface area contributed by atoms with E-state index >= 15 is 0 Å². The zero-order valence-corrected chi connectivity index (χ0v) is 8.24. The fourth-order valence-corrected chi connectivity index (χ4v) is 1.44. The maximum Gasteiger partial charge on any atom is 0.0459 e. The lowest BCUT2D eigenvalue weighted by Gasteiger charge is -2.10. The fourth-order valence-electron chi connectivity index (χ4n) is 1.44. The molecule has 1 atom stereocenters. The summed E-state index contributed by atoms with van der Waals surface area (Å²) >= 11 is 0. The minimum absolute atomic E-state index is 0.323. The van der Waals surface area contributed by atoms with Gasteiger partial charge in [-0.05, 0) is 24.3 Å². The Labute approximate surface area is 80.4 Å². The summed E-state index contributed by atoms with van der Waals surface area (Å²) in [5.74, 6) is 0.472. The molecule has 1 heteroatoms. The lowest BCUT2D eigenvalue weighted by molar-refractivity contribution is 0.215. The second-order valence-electron chi connectivity index (χ2n) is 3.48. The van der Waals surface area contributed by atoms with E-state index in [0.29, 0.717) is 12.5 Å². The van der Waals surface area contributed by atoms with Crippen LogP contribution in [0.2, 0.25) is 0 Å². The molecule has 0 heterocycles. The van der Waals surface area contributed by atoms with Crippen molar-refractivity contribution in [2.24, 2.45) is 5.92 Å². The van der Waals surface area contributed by atoms with E-state index in [9.17, 15) is 0 Å². The number of benzene rings is 1. The highest BCUT2D eigenvalue weighted by molar-refractivity contribution is 5.14. The van der Waals surface area contributed by atoms with Crippen LogP contribution in [0.5, 0.6) is 0 Å². The number of aryl methyl sites for hydroxylation is 1. The number of aliphatic hydroxyl groups excluding tert-OH is 1. The summed E-state index contributed by atoms with van der Waals surface area (Å²) in [6.07, 6.45) is 3.25. The van der Waals surface area contributed by atoms with Crippen LogP contribution in [-0.2, 0) is 6.42 Å². The quantitative estimate of drug-likeness (QED) is 0.735. The summed E-state index contributed by atoms with van der Waals surface area (Å²) in [5.41, 5.74) is 1.37. The van der Waals surface area contributed by atoms with Gasteiger partial charge in [-0.25, -0.2) is 0 Å². The molecule has 0 radical (unpaired) electrons. The number of hydrogen-bond acceptors (Lipinski definition) is 1. The molecule has 0 aliphatic rings. The second-order valence-corrected chi connectivity index (χ2v) is 3.48. The molecule has 0 fully saturated rings. The molecule has 0 amide bonds. The van der Waals surface area contributed by atoms with E-state index in [4.69, 9.17) is 5.11 Å². The van der Waals surface area contributed by atoms with Gasteiger partial charge in [-0.2, -0.15) is 0 Å². The summed E-state index contributed by atoms with van der Waals surface area (Å²) in [7, 11) is 0. The van der Waals surface area contributed by atoms with Gasteiger partial charge in [0.2, 0.25) is 0 Å². The van der Waals surface area contributed by atoms with E-state index in [-0.39, 0.29) is 0 Å². The average Bonchev–Trinajstić information content (AvgIpc) is 2.21. The van der Waals surface area contributed by atoms with Crippen molar-refractivity contribution in [3.63, 3.8) is 0 Å². The smallest absolute Gasteiger partial charge is 0.0459 e. The molecule has 1 N–H and O–H groups in total. The lowest BCUT2D eigenvalue weighted by atomic mass is 9.98. The third kappa shape index (κ3) is 3.60. The van der Waals surface area contributed by atoms with Crippen LogP contribution in [0.15, 0.2) is 30.3 Å². The first-order valence-electron chi connectivity index (χ1n) is 5.01. The summed E-state index contributed by atoms with van der Waals surface area (Å²) in [6, 6.07) is 10.4. The van der Waals surface area contributed by atoms with Crippen molar-refractivity contribution in [2.45, 2.75) is 26.2 Å². The predicted molar refractivity (Wildman–Crippen MR) is 55.6 cm³/mol. The molecule has 0 saturated heterocycles. The molecule has 1 aromatic rings. The van der Waals surface area contributed by atoms with Crippen molar-refractivity contribution >= 4 is 0 Å². The minimum atomic E-state index is 0.323. The van der Waals surface area contributed by atoms with Crippen molar-refractivity contribution in [3.05, 3.63) is 35.9 Å². The normalized spacial score (nSPS) is 12.8. The zero-order chi connectivity index (χ0) is 9.52. The van der Waals surface area contributed by atoms with Crippen molar-refractivity contribution < 1.29 is 5.11 Å². The Morgan fingerprint density at radius 1 is 1.23 bits per heavy atom. The van der Waals surface area contributed by atoms with Gasteiger partial charge in [-0.3, -0.25) is 0 Å². The van der Waals surface area contributed by atoms with Crippen LogP contribution in [-0.4, -0.2) is 11.7 Å². The number of aliphatic hydroxyl groups is 1. The van der Waals surface area contributed by atoms with Gasteiger partial charge >= 0.3 is 0 Å². The molecule has 0 saturated carbocycles. The fraction of sp³-hybridized carbons (Fsp3) is 0.500. The first kappa shape index (κ1) is 10.3. The van der Waals surface area contributed by atoms with Crippen LogP contribution in [0, 0.1) is 5.92 Å². The zero-order valence-electron chi connectivity index (χ0n) is 8.24. The van der Waals surface area contributed by atoms with Crippen LogP contribution in [0.4, 0.5) is 0 Å². The van der Waals surface area contributed by atoms with Crippen molar-refractivity contribution in [2.75, 3.05) is 6.61 Å². The van der Waals surface area contributed by atoms with Crippen LogP contribution < -0.4 is 0 Å². The Morgan fingerprint density at radius 3 is 2.46 bits per heavy atom. The molecular formula is C12H18O. The molecule has 0 aliphatic carbocycles. The monoisotopic (exact) mass is 178 g/mol. The molecule has 0 spiro atoms. The Bertz CT molecular complexity index is 214. The van der Waals surface area contributed by atoms with E-state index in [0.717, 1.165) is 19.3 Å².